The molecule has 5 nitrogen and oxygen atoms in total. The fourth-order valence-corrected chi connectivity index (χ4v) is 3.00. The molecule has 1 aromatic rings. The molecule has 1 rings (SSSR count). The topological polar surface area (TPSA) is 73.2 Å². The highest BCUT2D eigenvalue weighted by atomic mass is 32.2. The molecule has 0 spiro atoms. The Morgan fingerprint density at radius 2 is 1.95 bits per heavy atom. The summed E-state index contributed by atoms with van der Waals surface area (Å²) in [5, 5.41) is 8.85. The first-order valence-electron chi connectivity index (χ1n) is 6.67. The van der Waals surface area contributed by atoms with Crippen LogP contribution >= 0.6 is 0 Å². The van der Waals surface area contributed by atoms with E-state index in [1.807, 2.05) is 19.9 Å². The van der Waals surface area contributed by atoms with Crippen LogP contribution in [0, 0.1) is 18.3 Å². The van der Waals surface area contributed by atoms with Gasteiger partial charge in [0.2, 0.25) is 10.0 Å². The van der Waals surface area contributed by atoms with Crippen LogP contribution in [0.1, 0.15) is 25.0 Å². The number of benzene rings is 1. The summed E-state index contributed by atoms with van der Waals surface area (Å²) in [7, 11) is -3.51. The first-order chi connectivity index (χ1) is 9.44. The van der Waals surface area contributed by atoms with Crippen molar-refractivity contribution in [2.24, 2.45) is 0 Å². The van der Waals surface area contributed by atoms with Gasteiger partial charge in [0.25, 0.3) is 0 Å². The van der Waals surface area contributed by atoms with Crippen LogP contribution < -0.4 is 4.72 Å². The summed E-state index contributed by atoms with van der Waals surface area (Å²) >= 11 is 0. The third-order valence-electron chi connectivity index (χ3n) is 3.24. The molecule has 0 aliphatic heterocycles. The van der Waals surface area contributed by atoms with Gasteiger partial charge in [-0.2, -0.15) is 5.26 Å². The average Bonchev–Trinajstić information content (AvgIpc) is 2.43. The minimum Gasteiger partial charge on any atom is -0.303 e. The number of likely N-dealkylation sites (N-methyl/N-ethyl adjacent to an activating group) is 1. The Balaban J connectivity index is 2.75. The maximum atomic E-state index is 12.1. The van der Waals surface area contributed by atoms with Crippen molar-refractivity contribution in [2.45, 2.75) is 25.7 Å². The monoisotopic (exact) mass is 295 g/mol. The van der Waals surface area contributed by atoms with Crippen molar-refractivity contribution < 1.29 is 8.42 Å². The first-order valence-corrected chi connectivity index (χ1v) is 8.15. The van der Waals surface area contributed by atoms with Gasteiger partial charge in [0.05, 0.1) is 16.5 Å². The molecule has 0 amide bonds. The van der Waals surface area contributed by atoms with E-state index in [9.17, 15) is 8.42 Å². The van der Waals surface area contributed by atoms with Crippen LogP contribution in [-0.2, 0) is 10.0 Å². The summed E-state index contributed by atoms with van der Waals surface area (Å²) in [6.07, 6.45) is 0. The lowest BCUT2D eigenvalue weighted by Crippen LogP contribution is -2.34. The van der Waals surface area contributed by atoms with E-state index in [1.54, 1.807) is 6.92 Å². The molecule has 110 valence electrons. The number of rotatable bonds is 7. The minimum absolute atomic E-state index is 0.202. The molecule has 0 aromatic heterocycles. The number of nitrogens with zero attached hydrogens (tertiary/aromatic N) is 2. The fraction of sp³-hybridized carbons (Fsp3) is 0.500. The van der Waals surface area contributed by atoms with Crippen molar-refractivity contribution >= 4 is 10.0 Å². The highest BCUT2D eigenvalue weighted by Gasteiger charge is 2.14. The summed E-state index contributed by atoms with van der Waals surface area (Å²) in [6.45, 7) is 8.67. The molecule has 0 aliphatic rings. The van der Waals surface area contributed by atoms with Crippen LogP contribution in [0.2, 0.25) is 0 Å². The molecule has 0 unspecified atom stereocenters. The summed E-state index contributed by atoms with van der Waals surface area (Å²) in [4.78, 5) is 2.35. The molecule has 1 N–H and O–H groups in total. The van der Waals surface area contributed by atoms with E-state index in [0.29, 0.717) is 24.2 Å². The van der Waals surface area contributed by atoms with Crippen LogP contribution in [0.5, 0.6) is 0 Å². The van der Waals surface area contributed by atoms with Gasteiger partial charge in [-0.15, -0.1) is 0 Å². The lowest BCUT2D eigenvalue weighted by atomic mass is 10.1. The van der Waals surface area contributed by atoms with Crippen molar-refractivity contribution in [2.75, 3.05) is 26.2 Å². The Labute approximate surface area is 121 Å². The number of sulfonamides is 1. The van der Waals surface area contributed by atoms with E-state index >= 15 is 0 Å². The smallest absolute Gasteiger partial charge is 0.240 e. The van der Waals surface area contributed by atoms with E-state index in [0.717, 1.165) is 13.1 Å². The Morgan fingerprint density at radius 3 is 2.45 bits per heavy atom. The van der Waals surface area contributed by atoms with E-state index in [2.05, 4.69) is 9.62 Å². The lowest BCUT2D eigenvalue weighted by Gasteiger charge is -2.18. The quantitative estimate of drug-likeness (QED) is 0.827. The number of nitriles is 1. The van der Waals surface area contributed by atoms with E-state index in [-0.39, 0.29) is 4.90 Å². The largest absolute Gasteiger partial charge is 0.303 e. The summed E-state index contributed by atoms with van der Waals surface area (Å²) < 4.78 is 26.8. The van der Waals surface area contributed by atoms with Crippen LogP contribution in [0.25, 0.3) is 0 Å². The second kappa shape index (κ2) is 7.39. The maximum absolute atomic E-state index is 12.1. The van der Waals surface area contributed by atoms with Crippen molar-refractivity contribution in [3.8, 4) is 6.07 Å². The number of hydrogen-bond donors (Lipinski definition) is 1. The van der Waals surface area contributed by atoms with Crippen molar-refractivity contribution in [1.29, 1.82) is 5.26 Å². The number of hydrogen-bond acceptors (Lipinski definition) is 4. The average molecular weight is 295 g/mol. The van der Waals surface area contributed by atoms with Gasteiger partial charge in [-0.3, -0.25) is 0 Å². The third kappa shape index (κ3) is 4.30. The van der Waals surface area contributed by atoms with Crippen LogP contribution in [-0.4, -0.2) is 39.5 Å². The maximum Gasteiger partial charge on any atom is 0.240 e. The van der Waals surface area contributed by atoms with Gasteiger partial charge in [0, 0.05) is 13.1 Å². The fourth-order valence-electron chi connectivity index (χ4n) is 1.89. The molecule has 0 radical (unpaired) electrons. The molecule has 0 aliphatic carbocycles. The second-order valence-corrected chi connectivity index (χ2v) is 6.28. The molecular formula is C14H21N3O2S. The molecule has 0 saturated heterocycles. The zero-order valence-corrected chi connectivity index (χ0v) is 13.0. The van der Waals surface area contributed by atoms with Crippen LogP contribution in [0.3, 0.4) is 0 Å². The van der Waals surface area contributed by atoms with Gasteiger partial charge in [-0.25, -0.2) is 13.1 Å². The summed E-state index contributed by atoms with van der Waals surface area (Å²) in [5.74, 6) is 0. The highest BCUT2D eigenvalue weighted by Crippen LogP contribution is 2.14. The van der Waals surface area contributed by atoms with Gasteiger partial charge < -0.3 is 4.90 Å². The molecular weight excluding hydrogens is 274 g/mol. The molecule has 6 heteroatoms. The first kappa shape index (κ1) is 16.6. The predicted molar refractivity (Wildman–Crippen MR) is 78.9 cm³/mol. The lowest BCUT2D eigenvalue weighted by molar-refractivity contribution is 0.309. The SMILES string of the molecule is CCN(CC)CCNS(=O)(=O)c1ccc(C#N)c(C)c1. The Kier molecular flexibility index (Phi) is 6.14. The molecule has 20 heavy (non-hydrogen) atoms. The molecule has 0 fully saturated rings. The Hall–Kier alpha value is -1.42. The third-order valence-corrected chi connectivity index (χ3v) is 4.70. The molecule has 0 heterocycles. The summed E-state index contributed by atoms with van der Waals surface area (Å²) in [6, 6.07) is 6.55. The zero-order chi connectivity index (χ0) is 15.2. The van der Waals surface area contributed by atoms with Gasteiger partial charge in [0.15, 0.2) is 0 Å². The standard InChI is InChI=1S/C14H21N3O2S/c1-4-17(5-2)9-8-16-20(18,19)14-7-6-13(11-15)12(3)10-14/h6-7,10,16H,4-5,8-9H2,1-3H3. The van der Waals surface area contributed by atoms with Crippen molar-refractivity contribution in [3.63, 3.8) is 0 Å². The zero-order valence-electron chi connectivity index (χ0n) is 12.2. The van der Waals surface area contributed by atoms with Gasteiger partial charge >= 0.3 is 0 Å². The van der Waals surface area contributed by atoms with Gasteiger partial charge in [-0.05, 0) is 43.8 Å². The van der Waals surface area contributed by atoms with E-state index in [1.165, 1.54) is 18.2 Å². The van der Waals surface area contributed by atoms with Gasteiger partial charge in [0.1, 0.15) is 0 Å². The number of aryl methyl sites for hydroxylation is 1. The Morgan fingerprint density at radius 1 is 1.30 bits per heavy atom. The van der Waals surface area contributed by atoms with Crippen LogP contribution in [0.4, 0.5) is 0 Å². The normalized spacial score (nSPS) is 11.6. The van der Waals surface area contributed by atoms with Crippen molar-refractivity contribution in [1.82, 2.24) is 9.62 Å². The van der Waals surface area contributed by atoms with E-state index in [4.69, 9.17) is 5.26 Å². The highest BCUT2D eigenvalue weighted by molar-refractivity contribution is 7.89. The number of nitrogens with one attached hydrogen (secondary N) is 1. The molecule has 1 aromatic carbocycles. The second-order valence-electron chi connectivity index (χ2n) is 4.51. The molecule has 0 bridgehead atoms. The molecule has 0 saturated carbocycles. The Bertz CT molecular complexity index is 587. The van der Waals surface area contributed by atoms with Gasteiger partial charge in [-0.1, -0.05) is 13.8 Å². The minimum atomic E-state index is -3.51. The van der Waals surface area contributed by atoms with Crippen LogP contribution in [0.15, 0.2) is 23.1 Å². The summed E-state index contributed by atoms with van der Waals surface area (Å²) in [5.41, 5.74) is 1.16. The van der Waals surface area contributed by atoms with Crippen molar-refractivity contribution in [3.05, 3.63) is 29.3 Å². The van der Waals surface area contributed by atoms with E-state index < -0.39 is 10.0 Å². The predicted octanol–water partition coefficient (Wildman–Crippen LogP) is 1.49. The molecule has 0 atom stereocenters.